The minimum Gasteiger partial charge on any atom is -0.493 e. The smallest absolute Gasteiger partial charge is 0.233 e. The molecule has 134 valence electrons. The van der Waals surface area contributed by atoms with Crippen molar-refractivity contribution in [2.24, 2.45) is 0 Å². The van der Waals surface area contributed by atoms with Crippen LogP contribution in [0, 0.1) is 0 Å². The first-order chi connectivity index (χ1) is 11.7. The quantitative estimate of drug-likeness (QED) is 0.603. The highest BCUT2D eigenvalue weighted by atomic mass is 32.2. The lowest BCUT2D eigenvalue weighted by molar-refractivity contribution is -0.128. The molecule has 1 unspecified atom stereocenters. The van der Waals surface area contributed by atoms with E-state index in [9.17, 15) is 4.79 Å². The fraction of sp³-hybridized carbons (Fsp3) is 0.611. The summed E-state index contributed by atoms with van der Waals surface area (Å²) in [6.45, 7) is 6.81. The average Bonchev–Trinajstić information content (AvgIpc) is 2.96. The fourth-order valence-corrected chi connectivity index (χ4v) is 3.88. The normalized spacial score (nSPS) is 17.4. The first kappa shape index (κ1) is 18.9. The van der Waals surface area contributed by atoms with Gasteiger partial charge in [-0.15, -0.1) is 11.8 Å². The third-order valence-electron chi connectivity index (χ3n) is 3.78. The lowest BCUT2D eigenvalue weighted by atomic mass is 10.1. The number of methoxy groups -OCH3 is 1. The minimum atomic E-state index is 0.0359. The van der Waals surface area contributed by atoms with Crippen LogP contribution in [0.2, 0.25) is 0 Å². The number of hydrogen-bond donors (Lipinski definition) is 0. The SMILES string of the molecule is CCCOCCCN1C(=O)CSC1c1ccc(OC)c(OCC)c1. The van der Waals surface area contributed by atoms with Gasteiger partial charge in [0.2, 0.25) is 5.91 Å². The molecule has 1 fully saturated rings. The molecule has 1 aromatic rings. The number of benzene rings is 1. The Hall–Kier alpha value is -1.40. The van der Waals surface area contributed by atoms with Gasteiger partial charge in [-0.3, -0.25) is 4.79 Å². The number of carbonyl (C=O) groups is 1. The number of ether oxygens (including phenoxy) is 3. The third-order valence-corrected chi connectivity index (χ3v) is 5.03. The summed E-state index contributed by atoms with van der Waals surface area (Å²) in [4.78, 5) is 14.2. The summed E-state index contributed by atoms with van der Waals surface area (Å²) in [7, 11) is 1.63. The molecule has 1 heterocycles. The predicted molar refractivity (Wildman–Crippen MR) is 96.8 cm³/mol. The Morgan fingerprint density at radius 1 is 1.25 bits per heavy atom. The third kappa shape index (κ3) is 4.80. The van der Waals surface area contributed by atoms with Gasteiger partial charge in [-0.1, -0.05) is 13.0 Å². The van der Waals surface area contributed by atoms with Gasteiger partial charge in [0.05, 0.1) is 19.5 Å². The Morgan fingerprint density at radius 3 is 2.79 bits per heavy atom. The Morgan fingerprint density at radius 2 is 2.08 bits per heavy atom. The summed E-state index contributed by atoms with van der Waals surface area (Å²) < 4.78 is 16.5. The van der Waals surface area contributed by atoms with Crippen LogP contribution in [0.4, 0.5) is 0 Å². The second-order valence-corrected chi connectivity index (χ2v) is 6.63. The summed E-state index contributed by atoms with van der Waals surface area (Å²) in [5, 5.41) is 0.0359. The van der Waals surface area contributed by atoms with Gasteiger partial charge in [-0.25, -0.2) is 0 Å². The Bertz CT molecular complexity index is 538. The van der Waals surface area contributed by atoms with Gasteiger partial charge in [0.1, 0.15) is 5.37 Å². The van der Waals surface area contributed by atoms with Crippen LogP contribution in [-0.2, 0) is 9.53 Å². The molecule has 0 aliphatic carbocycles. The number of carbonyl (C=O) groups excluding carboxylic acids is 1. The van der Waals surface area contributed by atoms with Crippen molar-refractivity contribution in [1.29, 1.82) is 0 Å². The van der Waals surface area contributed by atoms with Gasteiger partial charge in [-0.05, 0) is 37.5 Å². The molecule has 0 radical (unpaired) electrons. The van der Waals surface area contributed by atoms with E-state index in [1.165, 1.54) is 0 Å². The zero-order chi connectivity index (χ0) is 17.4. The minimum absolute atomic E-state index is 0.0359. The highest BCUT2D eigenvalue weighted by Gasteiger charge is 2.32. The number of nitrogens with zero attached hydrogens (tertiary/aromatic N) is 1. The molecule has 0 saturated carbocycles. The molecule has 2 rings (SSSR count). The maximum absolute atomic E-state index is 12.2. The van der Waals surface area contributed by atoms with Gasteiger partial charge < -0.3 is 19.1 Å². The fourth-order valence-electron chi connectivity index (χ4n) is 2.67. The summed E-state index contributed by atoms with van der Waals surface area (Å²) in [5.41, 5.74) is 1.07. The van der Waals surface area contributed by atoms with Crippen LogP contribution < -0.4 is 9.47 Å². The highest BCUT2D eigenvalue weighted by molar-refractivity contribution is 8.00. The molecule has 1 amide bonds. The molecule has 1 aliphatic heterocycles. The molecule has 0 aromatic heterocycles. The van der Waals surface area contributed by atoms with E-state index in [2.05, 4.69) is 6.92 Å². The molecule has 1 aliphatic rings. The molecular formula is C18H27NO4S. The summed E-state index contributed by atoms with van der Waals surface area (Å²) >= 11 is 1.66. The van der Waals surface area contributed by atoms with Crippen LogP contribution >= 0.6 is 11.8 Å². The number of thioether (sulfide) groups is 1. The molecule has 0 bridgehead atoms. The van der Waals surface area contributed by atoms with Gasteiger partial charge in [-0.2, -0.15) is 0 Å². The van der Waals surface area contributed by atoms with Gasteiger partial charge in [0.25, 0.3) is 0 Å². The lowest BCUT2D eigenvalue weighted by Gasteiger charge is -2.25. The van der Waals surface area contributed by atoms with Crippen LogP contribution in [0.1, 0.15) is 37.6 Å². The Kier molecular flexibility index (Phi) is 7.72. The zero-order valence-electron chi connectivity index (χ0n) is 14.7. The first-order valence-electron chi connectivity index (χ1n) is 8.50. The molecule has 0 N–H and O–H groups in total. The first-order valence-corrected chi connectivity index (χ1v) is 9.55. The van der Waals surface area contributed by atoms with Crippen LogP contribution in [0.5, 0.6) is 11.5 Å². The molecule has 24 heavy (non-hydrogen) atoms. The number of rotatable bonds is 10. The van der Waals surface area contributed by atoms with Crippen LogP contribution in [0.3, 0.4) is 0 Å². The van der Waals surface area contributed by atoms with Crippen molar-refractivity contribution in [2.75, 3.05) is 39.2 Å². The van der Waals surface area contributed by atoms with Crippen LogP contribution in [0.15, 0.2) is 18.2 Å². The highest BCUT2D eigenvalue weighted by Crippen LogP contribution is 2.41. The van der Waals surface area contributed by atoms with E-state index in [1.54, 1.807) is 18.9 Å². The monoisotopic (exact) mass is 353 g/mol. The van der Waals surface area contributed by atoms with Crippen molar-refractivity contribution in [3.05, 3.63) is 23.8 Å². The lowest BCUT2D eigenvalue weighted by Crippen LogP contribution is -2.30. The van der Waals surface area contributed by atoms with Gasteiger partial charge in [0.15, 0.2) is 11.5 Å². The molecule has 1 saturated heterocycles. The predicted octanol–water partition coefficient (Wildman–Crippen LogP) is 3.48. The van der Waals surface area contributed by atoms with Crippen LogP contribution in [0.25, 0.3) is 0 Å². The van der Waals surface area contributed by atoms with E-state index in [-0.39, 0.29) is 11.3 Å². The van der Waals surface area contributed by atoms with E-state index < -0.39 is 0 Å². The van der Waals surface area contributed by atoms with E-state index in [0.717, 1.165) is 43.1 Å². The van der Waals surface area contributed by atoms with Crippen molar-refractivity contribution in [3.8, 4) is 11.5 Å². The van der Waals surface area contributed by atoms with Gasteiger partial charge in [0, 0.05) is 19.8 Å². The zero-order valence-corrected chi connectivity index (χ0v) is 15.6. The van der Waals surface area contributed by atoms with E-state index in [0.29, 0.717) is 19.0 Å². The van der Waals surface area contributed by atoms with Crippen molar-refractivity contribution in [2.45, 2.75) is 32.1 Å². The molecule has 0 spiro atoms. The van der Waals surface area contributed by atoms with Crippen LogP contribution in [-0.4, -0.2) is 50.0 Å². The molecule has 1 atom stereocenters. The maximum atomic E-state index is 12.2. The molecular weight excluding hydrogens is 326 g/mol. The average molecular weight is 353 g/mol. The number of hydrogen-bond acceptors (Lipinski definition) is 5. The largest absolute Gasteiger partial charge is 0.493 e. The van der Waals surface area contributed by atoms with E-state index in [1.807, 2.05) is 30.0 Å². The Labute approximate surface area is 148 Å². The van der Waals surface area contributed by atoms with Crippen molar-refractivity contribution >= 4 is 17.7 Å². The second kappa shape index (κ2) is 9.79. The van der Waals surface area contributed by atoms with Gasteiger partial charge >= 0.3 is 0 Å². The van der Waals surface area contributed by atoms with Crippen molar-refractivity contribution < 1.29 is 19.0 Å². The van der Waals surface area contributed by atoms with Crippen molar-refractivity contribution in [3.63, 3.8) is 0 Å². The van der Waals surface area contributed by atoms with E-state index in [4.69, 9.17) is 14.2 Å². The summed E-state index contributed by atoms with van der Waals surface area (Å²) in [5.74, 6) is 2.16. The molecule has 6 heteroatoms. The molecule has 1 aromatic carbocycles. The summed E-state index contributed by atoms with van der Waals surface area (Å²) in [6, 6.07) is 5.91. The maximum Gasteiger partial charge on any atom is 0.233 e. The summed E-state index contributed by atoms with van der Waals surface area (Å²) in [6.07, 6.45) is 1.88. The topological polar surface area (TPSA) is 48.0 Å². The van der Waals surface area contributed by atoms with E-state index >= 15 is 0 Å². The Balaban J connectivity index is 2.05. The second-order valence-electron chi connectivity index (χ2n) is 5.56. The standard InChI is InChI=1S/C18H27NO4S/c1-4-10-22-11-6-9-19-17(20)13-24-18(19)14-7-8-15(21-3)16(12-14)23-5-2/h7-8,12,18H,4-6,9-11,13H2,1-3H3. The molecule has 5 nitrogen and oxygen atoms in total. The number of amides is 1. The van der Waals surface area contributed by atoms with Crippen molar-refractivity contribution in [1.82, 2.24) is 4.90 Å².